The van der Waals surface area contributed by atoms with Gasteiger partial charge < -0.3 is 14.4 Å². The summed E-state index contributed by atoms with van der Waals surface area (Å²) in [5.41, 5.74) is 0.502. The number of unbranched alkanes of at least 4 members (excludes halogenated alkanes) is 16. The predicted octanol–water partition coefficient (Wildman–Crippen LogP) is 14.8. The molecule has 0 heterocycles. The molecule has 57 heavy (non-hydrogen) atoms. The average molecular weight is 820 g/mol. The molecule has 0 N–H and O–H groups in total. The third kappa shape index (κ3) is 38.4. The molecule has 7 heteroatoms. The van der Waals surface area contributed by atoms with E-state index in [1.54, 1.807) is 0 Å². The van der Waals surface area contributed by atoms with Gasteiger partial charge in [0.1, 0.15) is 13.2 Å². The van der Waals surface area contributed by atoms with Crippen LogP contribution in [-0.2, 0) is 23.9 Å². The number of carbonyl (C=O) groups is 3. The van der Waals surface area contributed by atoms with Crippen LogP contribution in [0.25, 0.3) is 0 Å². The first-order valence-corrected chi connectivity index (χ1v) is 26.0. The van der Waals surface area contributed by atoms with E-state index < -0.39 is 7.92 Å². The lowest BCUT2D eigenvalue weighted by atomic mass is 9.94. The zero-order valence-corrected chi connectivity index (χ0v) is 39.5. The highest BCUT2D eigenvalue weighted by Gasteiger charge is 2.17. The van der Waals surface area contributed by atoms with E-state index in [1.807, 2.05) is 0 Å². The van der Waals surface area contributed by atoms with E-state index in [4.69, 9.17) is 9.47 Å². The standard InChI is InChI=1S/C50H94NO5P/c1-7-11-21-32-46(33-22-12-8-2)36-30-42-55-48(52)38-25-17-15-19-27-44-57(50(54)40-29-41-51(5)6)45-28-20-16-18-26-39-49(53)56-43-31-37-47(34-23-13-9-3)35-24-14-10-4/h30-31,36-37,46-47H,7-29,32-35,38-45H2,1-6H3. The Balaban J connectivity index is 4.35. The Morgan fingerprint density at radius 2 is 0.842 bits per heavy atom. The minimum Gasteiger partial charge on any atom is -0.461 e. The van der Waals surface area contributed by atoms with Gasteiger partial charge in [-0.3, -0.25) is 14.4 Å². The molecule has 0 unspecified atom stereocenters. The lowest BCUT2D eigenvalue weighted by Gasteiger charge is -2.17. The van der Waals surface area contributed by atoms with Gasteiger partial charge in [0.05, 0.1) is 0 Å². The monoisotopic (exact) mass is 820 g/mol. The Morgan fingerprint density at radius 1 is 0.474 bits per heavy atom. The van der Waals surface area contributed by atoms with Gasteiger partial charge in [0.2, 0.25) is 0 Å². The SMILES string of the molecule is CCCCCC(C=CCOC(=O)CCCCCCCP(CCCCCCCC(=O)OCC=CC(CCCCC)CCCCC)C(=O)CCCN(C)C)CCCCC. The minimum atomic E-state index is -0.587. The summed E-state index contributed by atoms with van der Waals surface area (Å²) in [5, 5.41) is 0. The summed E-state index contributed by atoms with van der Waals surface area (Å²) in [6.45, 7) is 10.8. The summed E-state index contributed by atoms with van der Waals surface area (Å²) in [5.74, 6) is 1.06. The fourth-order valence-electron chi connectivity index (χ4n) is 7.49. The van der Waals surface area contributed by atoms with E-state index in [2.05, 4.69) is 71.0 Å². The van der Waals surface area contributed by atoms with Crippen molar-refractivity contribution in [1.82, 2.24) is 4.90 Å². The molecule has 0 aliphatic heterocycles. The second-order valence-corrected chi connectivity index (χ2v) is 19.5. The number of nitrogens with zero attached hydrogens (tertiary/aromatic N) is 1. The molecular weight excluding hydrogens is 726 g/mol. The topological polar surface area (TPSA) is 72.9 Å². The fraction of sp³-hybridized carbons (Fsp3) is 0.860. The average Bonchev–Trinajstić information content (AvgIpc) is 3.19. The molecule has 0 aliphatic rings. The molecule has 0 aliphatic carbocycles. The molecular formula is C50H94NO5P. The highest BCUT2D eigenvalue weighted by molar-refractivity contribution is 7.74. The van der Waals surface area contributed by atoms with Gasteiger partial charge in [-0.25, -0.2) is 0 Å². The number of rotatable bonds is 43. The van der Waals surface area contributed by atoms with Gasteiger partial charge in [-0.2, -0.15) is 0 Å². The van der Waals surface area contributed by atoms with Gasteiger partial charge in [0, 0.05) is 19.3 Å². The molecule has 0 bridgehead atoms. The molecule has 0 amide bonds. The minimum absolute atomic E-state index is 0.0812. The number of ether oxygens (including phenoxy) is 2. The first-order chi connectivity index (χ1) is 27.8. The number of allylic oxidation sites excluding steroid dienone is 2. The molecule has 0 atom stereocenters. The Bertz CT molecular complexity index is 898. The van der Waals surface area contributed by atoms with Crippen molar-refractivity contribution in [3.8, 4) is 0 Å². The highest BCUT2D eigenvalue weighted by Crippen LogP contribution is 2.41. The third-order valence-electron chi connectivity index (χ3n) is 11.2. The maximum absolute atomic E-state index is 13.2. The first kappa shape index (κ1) is 55.5. The Labute approximate surface area is 355 Å². The summed E-state index contributed by atoms with van der Waals surface area (Å²) in [6, 6.07) is 0. The Morgan fingerprint density at radius 3 is 1.21 bits per heavy atom. The normalized spacial score (nSPS) is 12.5. The maximum atomic E-state index is 13.2. The summed E-state index contributed by atoms with van der Waals surface area (Å²) in [7, 11) is 3.56. The van der Waals surface area contributed by atoms with Gasteiger partial charge in [-0.05, 0) is 111 Å². The summed E-state index contributed by atoms with van der Waals surface area (Å²) < 4.78 is 11.0. The van der Waals surface area contributed by atoms with Crippen LogP contribution in [0.5, 0.6) is 0 Å². The van der Waals surface area contributed by atoms with E-state index in [1.165, 1.54) is 103 Å². The third-order valence-corrected chi connectivity index (χ3v) is 13.8. The summed E-state index contributed by atoms with van der Waals surface area (Å²) in [6.07, 6.45) is 44.3. The van der Waals surface area contributed by atoms with Crippen molar-refractivity contribution < 1.29 is 23.9 Å². The van der Waals surface area contributed by atoms with E-state index in [0.29, 0.717) is 49.8 Å². The van der Waals surface area contributed by atoms with E-state index in [-0.39, 0.29) is 11.9 Å². The van der Waals surface area contributed by atoms with Gasteiger partial charge in [0.15, 0.2) is 5.52 Å². The van der Waals surface area contributed by atoms with Gasteiger partial charge in [-0.15, -0.1) is 0 Å². The zero-order valence-electron chi connectivity index (χ0n) is 38.6. The van der Waals surface area contributed by atoms with Crippen LogP contribution in [0.2, 0.25) is 0 Å². The van der Waals surface area contributed by atoms with Crippen LogP contribution >= 0.6 is 7.92 Å². The molecule has 6 nitrogen and oxygen atoms in total. The van der Waals surface area contributed by atoms with Crippen molar-refractivity contribution in [2.45, 2.75) is 220 Å². The second kappa shape index (κ2) is 42.6. The molecule has 0 aromatic heterocycles. The van der Waals surface area contributed by atoms with Crippen molar-refractivity contribution in [3.63, 3.8) is 0 Å². The maximum Gasteiger partial charge on any atom is 0.306 e. The van der Waals surface area contributed by atoms with E-state index in [9.17, 15) is 14.4 Å². The summed E-state index contributed by atoms with van der Waals surface area (Å²) in [4.78, 5) is 40.0. The smallest absolute Gasteiger partial charge is 0.306 e. The number of esters is 2. The van der Waals surface area contributed by atoms with Crippen LogP contribution in [0, 0.1) is 11.8 Å². The van der Waals surface area contributed by atoms with Gasteiger partial charge in [0.25, 0.3) is 0 Å². The largest absolute Gasteiger partial charge is 0.461 e. The molecule has 0 saturated carbocycles. The molecule has 0 spiro atoms. The highest BCUT2D eigenvalue weighted by atomic mass is 31.1. The zero-order chi connectivity index (χ0) is 42.0. The molecule has 0 fully saturated rings. The molecule has 0 saturated heterocycles. The second-order valence-electron chi connectivity index (χ2n) is 17.0. The van der Waals surface area contributed by atoms with E-state index in [0.717, 1.165) is 89.5 Å². The van der Waals surface area contributed by atoms with Gasteiger partial charge >= 0.3 is 11.9 Å². The van der Waals surface area contributed by atoms with Crippen LogP contribution in [0.3, 0.4) is 0 Å². The lowest BCUT2D eigenvalue weighted by Crippen LogP contribution is -2.14. The number of carbonyl (C=O) groups excluding carboxylic acids is 3. The van der Waals surface area contributed by atoms with Crippen molar-refractivity contribution in [1.29, 1.82) is 0 Å². The van der Waals surface area contributed by atoms with E-state index >= 15 is 0 Å². The molecule has 334 valence electrons. The molecule has 0 aromatic rings. The van der Waals surface area contributed by atoms with Crippen molar-refractivity contribution in [3.05, 3.63) is 24.3 Å². The number of hydrogen-bond donors (Lipinski definition) is 0. The molecule has 0 radical (unpaired) electrons. The number of hydrogen-bond acceptors (Lipinski definition) is 6. The lowest BCUT2D eigenvalue weighted by molar-refractivity contribution is -0.143. The quantitative estimate of drug-likeness (QED) is 0.0264. The van der Waals surface area contributed by atoms with Crippen LogP contribution in [-0.4, -0.2) is 68.5 Å². The first-order valence-electron chi connectivity index (χ1n) is 24.3. The van der Waals surface area contributed by atoms with Crippen molar-refractivity contribution in [2.75, 3.05) is 46.2 Å². The van der Waals surface area contributed by atoms with Crippen molar-refractivity contribution in [2.24, 2.45) is 11.8 Å². The van der Waals surface area contributed by atoms with Gasteiger partial charge in [-0.1, -0.05) is 168 Å². The fourth-order valence-corrected chi connectivity index (χ4v) is 9.90. The molecule has 0 rings (SSSR count). The summed E-state index contributed by atoms with van der Waals surface area (Å²) >= 11 is 0. The van der Waals surface area contributed by atoms with Crippen molar-refractivity contribution >= 4 is 25.4 Å². The van der Waals surface area contributed by atoms with Crippen LogP contribution < -0.4 is 0 Å². The van der Waals surface area contributed by atoms with Crippen LogP contribution in [0.15, 0.2) is 24.3 Å². The molecule has 0 aromatic carbocycles. The van der Waals surface area contributed by atoms with Crippen LogP contribution in [0.4, 0.5) is 0 Å². The Kier molecular flexibility index (Phi) is 41.5. The predicted molar refractivity (Wildman–Crippen MR) is 249 cm³/mol. The Hall–Kier alpha value is -1.52. The van der Waals surface area contributed by atoms with Crippen LogP contribution in [0.1, 0.15) is 220 Å².